The number of ether oxygens (including phenoxy) is 2. The number of hydrogen-bond acceptors (Lipinski definition) is 3. The van der Waals surface area contributed by atoms with Crippen LogP contribution >= 0.6 is 0 Å². The zero-order chi connectivity index (χ0) is 27.0. The maximum atomic E-state index is 14.4. The first-order valence-electron chi connectivity index (χ1n) is 11.3. The first kappa shape index (κ1) is 25.2. The molecule has 0 saturated heterocycles. The Bertz CT molecular complexity index is 1600. The van der Waals surface area contributed by atoms with E-state index in [-0.39, 0.29) is 16.6 Å². The summed E-state index contributed by atoms with van der Waals surface area (Å²) in [6.45, 7) is -0.571. The Hall–Kier alpha value is -4.47. The molecule has 0 bridgehead atoms. The van der Waals surface area contributed by atoms with Crippen molar-refractivity contribution in [3.8, 4) is 28.5 Å². The van der Waals surface area contributed by atoms with Crippen LogP contribution in [0.2, 0.25) is 0 Å². The fourth-order valence-corrected chi connectivity index (χ4v) is 4.18. The maximum Gasteiger partial charge on any atom is 0.418 e. The normalized spacial score (nSPS) is 11.7. The van der Waals surface area contributed by atoms with Crippen LogP contribution in [0, 0.1) is 17.5 Å². The molecule has 194 valence electrons. The van der Waals surface area contributed by atoms with Crippen molar-refractivity contribution in [1.82, 2.24) is 9.78 Å². The Labute approximate surface area is 212 Å². The van der Waals surface area contributed by atoms with Crippen LogP contribution in [-0.2, 0) is 12.7 Å². The van der Waals surface area contributed by atoms with E-state index in [2.05, 4.69) is 5.10 Å². The van der Waals surface area contributed by atoms with E-state index < -0.39 is 41.3 Å². The average Bonchev–Trinajstić information content (AvgIpc) is 3.24. The Morgan fingerprint density at radius 3 is 2.11 bits per heavy atom. The van der Waals surface area contributed by atoms with E-state index in [1.807, 2.05) is 0 Å². The van der Waals surface area contributed by atoms with Crippen molar-refractivity contribution in [2.75, 3.05) is 7.11 Å². The number of methoxy groups -OCH3 is 1. The lowest BCUT2D eigenvalue weighted by molar-refractivity contribution is -0.136. The number of halogens is 6. The van der Waals surface area contributed by atoms with E-state index in [0.717, 1.165) is 10.7 Å². The molecule has 0 atom stereocenters. The first-order chi connectivity index (χ1) is 18.2. The molecule has 0 aliphatic rings. The minimum absolute atomic E-state index is 0.126. The zero-order valence-electron chi connectivity index (χ0n) is 19.7. The molecule has 0 aliphatic heterocycles. The molecule has 1 aromatic heterocycles. The number of benzene rings is 4. The smallest absolute Gasteiger partial charge is 0.418 e. The molecular formula is C28H18F6N2O2. The van der Waals surface area contributed by atoms with Gasteiger partial charge in [-0.2, -0.15) is 18.3 Å². The largest absolute Gasteiger partial charge is 0.493 e. The number of aromatic nitrogens is 2. The molecular weight excluding hydrogens is 510 g/mol. The summed E-state index contributed by atoms with van der Waals surface area (Å²) in [4.78, 5) is 0. The Morgan fingerprint density at radius 1 is 0.816 bits per heavy atom. The number of nitrogens with zero attached hydrogens (tertiary/aromatic N) is 2. The highest BCUT2D eigenvalue weighted by Crippen LogP contribution is 2.39. The first-order valence-corrected chi connectivity index (χ1v) is 11.3. The van der Waals surface area contributed by atoms with Crippen LogP contribution in [-0.4, -0.2) is 16.9 Å². The number of alkyl halides is 3. The predicted octanol–water partition coefficient (Wildman–Crippen LogP) is 7.99. The molecule has 4 nitrogen and oxygen atoms in total. The summed E-state index contributed by atoms with van der Waals surface area (Å²) in [5.41, 5.74) is -1.30. The highest BCUT2D eigenvalue weighted by molar-refractivity contribution is 5.95. The van der Waals surface area contributed by atoms with Crippen LogP contribution in [0.4, 0.5) is 26.3 Å². The van der Waals surface area contributed by atoms with Crippen molar-refractivity contribution < 1.29 is 35.8 Å². The molecule has 5 rings (SSSR count). The summed E-state index contributed by atoms with van der Waals surface area (Å²) < 4.78 is 95.8. The van der Waals surface area contributed by atoms with Gasteiger partial charge in [0.1, 0.15) is 28.7 Å². The van der Waals surface area contributed by atoms with E-state index >= 15 is 0 Å². The molecule has 10 heteroatoms. The van der Waals surface area contributed by atoms with Crippen LogP contribution in [0.15, 0.2) is 78.9 Å². The van der Waals surface area contributed by atoms with Crippen molar-refractivity contribution in [1.29, 1.82) is 0 Å². The third-order valence-electron chi connectivity index (χ3n) is 5.91. The van der Waals surface area contributed by atoms with Gasteiger partial charge in [-0.25, -0.2) is 13.2 Å². The third-order valence-corrected chi connectivity index (χ3v) is 5.91. The molecule has 0 radical (unpaired) electrons. The van der Waals surface area contributed by atoms with Crippen molar-refractivity contribution in [3.63, 3.8) is 0 Å². The molecule has 0 N–H and O–H groups in total. The topological polar surface area (TPSA) is 36.3 Å². The van der Waals surface area contributed by atoms with Crippen LogP contribution in [0.1, 0.15) is 11.1 Å². The minimum Gasteiger partial charge on any atom is -0.493 e. The number of hydrogen-bond donors (Lipinski definition) is 0. The van der Waals surface area contributed by atoms with Gasteiger partial charge < -0.3 is 9.47 Å². The molecule has 1 heterocycles. The van der Waals surface area contributed by atoms with Gasteiger partial charge in [0, 0.05) is 28.6 Å². The van der Waals surface area contributed by atoms with Gasteiger partial charge in [-0.1, -0.05) is 24.3 Å². The fraction of sp³-hybridized carbons (Fsp3) is 0.107. The van der Waals surface area contributed by atoms with Crippen molar-refractivity contribution in [2.45, 2.75) is 12.7 Å². The van der Waals surface area contributed by atoms with E-state index in [1.165, 1.54) is 19.2 Å². The Balaban J connectivity index is 1.62. The van der Waals surface area contributed by atoms with Crippen LogP contribution in [0.25, 0.3) is 22.2 Å². The summed E-state index contributed by atoms with van der Waals surface area (Å²) in [5, 5.41) is 4.22. The standard InChI is InChI=1S/C28H18F6N2O2/c1-37-24-7-2-3-8-25(24)38-18-11-9-16(10-12-18)27-19-5-4-6-21(28(32,33)34)26(19)35-36(27)15-20-22(30)13-17(29)14-23(20)31/h2-14H,15H2,1H3. The van der Waals surface area contributed by atoms with E-state index in [1.54, 1.807) is 48.5 Å². The van der Waals surface area contributed by atoms with E-state index in [4.69, 9.17) is 9.47 Å². The Kier molecular flexibility index (Phi) is 6.48. The lowest BCUT2D eigenvalue weighted by Gasteiger charge is -2.12. The minimum atomic E-state index is -4.71. The Morgan fingerprint density at radius 2 is 1.47 bits per heavy atom. The number of rotatable bonds is 6. The third kappa shape index (κ3) is 4.77. The lowest BCUT2D eigenvalue weighted by atomic mass is 10.0. The second-order valence-corrected chi connectivity index (χ2v) is 8.33. The summed E-state index contributed by atoms with van der Waals surface area (Å²) in [5.74, 6) is -2.09. The summed E-state index contributed by atoms with van der Waals surface area (Å²) in [7, 11) is 1.50. The fourth-order valence-electron chi connectivity index (χ4n) is 4.18. The highest BCUT2D eigenvalue weighted by atomic mass is 19.4. The van der Waals surface area contributed by atoms with Gasteiger partial charge in [-0.3, -0.25) is 4.68 Å². The summed E-state index contributed by atoms with van der Waals surface area (Å²) in [6.07, 6.45) is -4.71. The number of para-hydroxylation sites is 2. The average molecular weight is 528 g/mol. The van der Waals surface area contributed by atoms with Gasteiger partial charge in [0.15, 0.2) is 11.5 Å². The molecule has 0 unspecified atom stereocenters. The number of fused-ring (bicyclic) bond motifs is 1. The van der Waals surface area contributed by atoms with E-state index in [0.29, 0.717) is 34.9 Å². The van der Waals surface area contributed by atoms with Crippen LogP contribution < -0.4 is 9.47 Å². The molecule has 0 fully saturated rings. The second-order valence-electron chi connectivity index (χ2n) is 8.33. The maximum absolute atomic E-state index is 14.4. The van der Waals surface area contributed by atoms with Gasteiger partial charge >= 0.3 is 6.18 Å². The van der Waals surface area contributed by atoms with Crippen LogP contribution in [0.3, 0.4) is 0 Å². The molecule has 0 aliphatic carbocycles. The van der Waals surface area contributed by atoms with Crippen molar-refractivity contribution in [2.24, 2.45) is 0 Å². The quantitative estimate of drug-likeness (QED) is 0.210. The van der Waals surface area contributed by atoms with Crippen molar-refractivity contribution >= 4 is 10.9 Å². The summed E-state index contributed by atoms with van der Waals surface area (Å²) >= 11 is 0. The monoisotopic (exact) mass is 528 g/mol. The van der Waals surface area contributed by atoms with Crippen LogP contribution in [0.5, 0.6) is 17.2 Å². The molecule has 4 aromatic carbocycles. The summed E-state index contributed by atoms with van der Waals surface area (Å²) in [6, 6.07) is 17.9. The highest BCUT2D eigenvalue weighted by Gasteiger charge is 2.34. The molecule has 0 spiro atoms. The molecule has 0 amide bonds. The lowest BCUT2D eigenvalue weighted by Crippen LogP contribution is -2.09. The SMILES string of the molecule is COc1ccccc1Oc1ccc(-c2c3cccc(C(F)(F)F)c3nn2Cc2c(F)cc(F)cc2F)cc1. The zero-order valence-corrected chi connectivity index (χ0v) is 19.7. The van der Waals surface area contributed by atoms with Gasteiger partial charge in [0.25, 0.3) is 0 Å². The van der Waals surface area contributed by atoms with Crippen molar-refractivity contribution in [3.05, 3.63) is 107 Å². The second kappa shape index (κ2) is 9.77. The van der Waals surface area contributed by atoms with Gasteiger partial charge in [0.2, 0.25) is 0 Å². The van der Waals surface area contributed by atoms with Gasteiger partial charge in [-0.05, 0) is 42.5 Å². The predicted molar refractivity (Wildman–Crippen MR) is 129 cm³/mol. The molecule has 0 saturated carbocycles. The van der Waals surface area contributed by atoms with Gasteiger partial charge in [0.05, 0.1) is 24.9 Å². The van der Waals surface area contributed by atoms with E-state index in [9.17, 15) is 26.3 Å². The molecule has 38 heavy (non-hydrogen) atoms. The van der Waals surface area contributed by atoms with Gasteiger partial charge in [-0.15, -0.1) is 0 Å². The molecule has 5 aromatic rings.